The topological polar surface area (TPSA) is 214 Å². The summed E-state index contributed by atoms with van der Waals surface area (Å²) in [7, 11) is -3.12. The van der Waals surface area contributed by atoms with E-state index in [0.29, 0.717) is 71.2 Å². The van der Waals surface area contributed by atoms with Crippen LogP contribution in [0.4, 0.5) is 38.8 Å². The van der Waals surface area contributed by atoms with Crippen LogP contribution in [0, 0.1) is 11.2 Å². The van der Waals surface area contributed by atoms with Crippen molar-refractivity contribution in [3.63, 3.8) is 0 Å². The fraction of sp³-hybridized carbons (Fsp3) is 0.431. The smallest absolute Gasteiger partial charge is 0.401 e. The molecule has 0 spiro atoms. The molecule has 2 saturated heterocycles. The third-order valence-corrected chi connectivity index (χ3v) is 15.2. The quantitative estimate of drug-likeness (QED) is 0.0503. The second-order valence-electron chi connectivity index (χ2n) is 20.3. The number of carbonyl (C=O) groups excluding carboxylic acids is 2. The minimum atomic E-state index is -4.62. The van der Waals surface area contributed by atoms with Crippen molar-refractivity contribution < 1.29 is 38.2 Å². The summed E-state index contributed by atoms with van der Waals surface area (Å²) < 4.78 is 34.5. The van der Waals surface area contributed by atoms with Gasteiger partial charge in [0.25, 0.3) is 11.8 Å². The lowest BCUT2D eigenvalue weighted by Gasteiger charge is -2.47. The van der Waals surface area contributed by atoms with E-state index < -0.39 is 25.7 Å². The molecule has 1 aliphatic carbocycles. The van der Waals surface area contributed by atoms with Gasteiger partial charge in [-0.25, -0.2) is 29.0 Å². The summed E-state index contributed by atoms with van der Waals surface area (Å²) >= 11 is 0. The molecule has 0 radical (unpaired) electrons. The van der Waals surface area contributed by atoms with Crippen LogP contribution in [-0.2, 0) is 40.9 Å². The van der Waals surface area contributed by atoms with Crippen LogP contribution in [0.25, 0.3) is 11.3 Å². The van der Waals surface area contributed by atoms with Crippen LogP contribution in [-0.4, -0.2) is 110 Å². The molecule has 9 rings (SSSR count). The van der Waals surface area contributed by atoms with Crippen molar-refractivity contribution in [3.8, 4) is 17.1 Å². The van der Waals surface area contributed by atoms with Crippen molar-refractivity contribution in [2.24, 2.45) is 5.41 Å². The van der Waals surface area contributed by atoms with Crippen molar-refractivity contribution in [1.29, 1.82) is 0 Å². The molecule has 376 valence electrons. The molecule has 0 unspecified atom stereocenters. The van der Waals surface area contributed by atoms with Gasteiger partial charge in [0.1, 0.15) is 17.3 Å². The second kappa shape index (κ2) is 19.4. The molecule has 3 aromatic heterocycles. The van der Waals surface area contributed by atoms with Crippen molar-refractivity contribution >= 4 is 53.9 Å². The third kappa shape index (κ3) is 10.2. The number of benzene rings is 2. The molecule has 2 fully saturated rings. The molecular weight excluding hydrogens is 929 g/mol. The molecule has 5 aromatic rings. The monoisotopic (exact) mass is 991 g/mol. The average molecular weight is 992 g/mol. The van der Waals surface area contributed by atoms with Crippen molar-refractivity contribution in [2.45, 2.75) is 91.1 Å². The van der Waals surface area contributed by atoms with Gasteiger partial charge in [0.2, 0.25) is 5.91 Å². The number of halogens is 1. The van der Waals surface area contributed by atoms with Gasteiger partial charge in [-0.1, -0.05) is 20.4 Å². The summed E-state index contributed by atoms with van der Waals surface area (Å²) in [5.41, 5.74) is 6.37. The molecule has 18 nitrogen and oxygen atoms in total. The van der Waals surface area contributed by atoms with Crippen LogP contribution in [0.1, 0.15) is 80.3 Å². The first-order valence-corrected chi connectivity index (χ1v) is 25.7. The lowest BCUT2D eigenvalue weighted by molar-refractivity contribution is -0.111. The molecule has 3 aliphatic heterocycles. The van der Waals surface area contributed by atoms with Crippen molar-refractivity contribution in [2.75, 3.05) is 71.7 Å². The van der Waals surface area contributed by atoms with E-state index in [1.54, 1.807) is 49.3 Å². The van der Waals surface area contributed by atoms with Gasteiger partial charge in [-0.15, -0.1) is 0 Å². The number of amides is 2. The number of aromatic nitrogens is 4. The Hall–Kier alpha value is -6.21. The standard InChI is InChI=1S/C51H63FN11O7P/c1-8-45(65)56-40-24-33(9-12-42(40)61-20-19-60(29-31(61)2)34-14-17-59(18-15-34)35-10-11-39(52)38(25-35)51(5,6)58-71(67,68)69)55-46-48(70-7)54-28-41(57-46)36-13-16-53-47(37(36)30-64)63-22-21-62-43(49(63)66)23-32-26-50(3,4)27-44(32)62/h8-13,16,23-25,28,31,34,64H,1,14-15,17-22,26-27,29-30H2,2-7H3,(H,55,57)(H,56,65)(H3,58,67,68,69)/t31-/m0/s1. The van der Waals surface area contributed by atoms with Crippen molar-refractivity contribution in [1.82, 2.24) is 29.5 Å². The number of aliphatic hydroxyl groups is 1. The van der Waals surface area contributed by atoms with Gasteiger partial charge >= 0.3 is 7.75 Å². The van der Waals surface area contributed by atoms with Gasteiger partial charge in [0, 0.05) is 97.9 Å². The Morgan fingerprint density at radius 2 is 1.80 bits per heavy atom. The van der Waals surface area contributed by atoms with Gasteiger partial charge < -0.3 is 44.6 Å². The Balaban J connectivity index is 0.897. The summed E-state index contributed by atoms with van der Waals surface area (Å²) in [6.07, 6.45) is 8.01. The Morgan fingerprint density at radius 3 is 2.51 bits per heavy atom. The number of fused-ring (bicyclic) bond motifs is 3. The predicted octanol–water partition coefficient (Wildman–Crippen LogP) is 6.73. The number of methoxy groups -OCH3 is 1. The highest BCUT2D eigenvalue weighted by Gasteiger charge is 2.39. The first kappa shape index (κ1) is 49.8. The number of hydrogen-bond acceptors (Lipinski definition) is 12. The molecule has 0 bridgehead atoms. The van der Waals surface area contributed by atoms with Crippen LogP contribution < -0.4 is 35.2 Å². The van der Waals surface area contributed by atoms with E-state index >= 15 is 0 Å². The minimum Gasteiger partial charge on any atom is -0.478 e. The normalized spacial score (nSPS) is 18.6. The highest BCUT2D eigenvalue weighted by atomic mass is 31.2. The van der Waals surface area contributed by atoms with Crippen molar-refractivity contribution in [3.05, 3.63) is 107 Å². The lowest BCUT2D eigenvalue weighted by atomic mass is 9.90. The largest absolute Gasteiger partial charge is 0.478 e. The summed E-state index contributed by atoms with van der Waals surface area (Å²) in [6.45, 7) is 17.8. The summed E-state index contributed by atoms with van der Waals surface area (Å²) in [5, 5.41) is 19.5. The number of piperazine rings is 1. The maximum absolute atomic E-state index is 15.0. The predicted molar refractivity (Wildman–Crippen MR) is 272 cm³/mol. The third-order valence-electron chi connectivity index (χ3n) is 14.3. The number of pyridine rings is 1. The molecule has 2 aromatic carbocycles. The first-order chi connectivity index (χ1) is 33.8. The van der Waals surface area contributed by atoms with E-state index in [0.717, 1.165) is 63.2 Å². The second-order valence-corrected chi connectivity index (χ2v) is 21.6. The minimum absolute atomic E-state index is 0.0795. The molecule has 71 heavy (non-hydrogen) atoms. The van der Waals surface area contributed by atoms with Gasteiger partial charge in [0.05, 0.1) is 42.5 Å². The number of piperidine rings is 1. The number of hydrogen-bond donors (Lipinski definition) is 6. The zero-order chi connectivity index (χ0) is 50.6. The van der Waals surface area contributed by atoms with E-state index in [4.69, 9.17) is 9.72 Å². The zero-order valence-electron chi connectivity index (χ0n) is 41.1. The lowest BCUT2D eigenvalue weighted by Crippen LogP contribution is -2.57. The first-order valence-electron chi connectivity index (χ1n) is 24.0. The molecule has 0 saturated carbocycles. The van der Waals surface area contributed by atoms with E-state index in [1.807, 2.05) is 24.3 Å². The summed E-state index contributed by atoms with van der Waals surface area (Å²) in [6, 6.07) is 14.6. The van der Waals surface area contributed by atoms with Crippen LogP contribution >= 0.6 is 7.75 Å². The fourth-order valence-corrected chi connectivity index (χ4v) is 11.9. The Morgan fingerprint density at radius 1 is 1.03 bits per heavy atom. The summed E-state index contributed by atoms with van der Waals surface area (Å²) in [5.74, 6) is -0.187. The van der Waals surface area contributed by atoms with Gasteiger partial charge in [0.15, 0.2) is 5.82 Å². The SMILES string of the molecule is C=CC(=O)Nc1cc(Nc2nc(-c3ccnc(N4CCn5c(cc6c5CC(C)(C)C6)C4=O)c3CO)cnc2OC)ccc1N1CCN(C2CCN(c3ccc(F)c(C(C)(C)NP(=O)(O)O)c3)CC2)C[C@@H]1C. The van der Waals surface area contributed by atoms with E-state index in [2.05, 4.69) is 72.3 Å². The number of rotatable bonds is 14. The van der Waals surface area contributed by atoms with Crippen LogP contribution in [0.2, 0.25) is 0 Å². The van der Waals surface area contributed by atoms with Gasteiger partial charge in [-0.3, -0.25) is 19.4 Å². The molecule has 6 N–H and O–H groups in total. The fourth-order valence-electron chi connectivity index (χ4n) is 11.0. The number of nitrogens with one attached hydrogen (secondary N) is 3. The average Bonchev–Trinajstić information content (AvgIpc) is 3.83. The zero-order valence-corrected chi connectivity index (χ0v) is 42.0. The molecule has 20 heteroatoms. The summed E-state index contributed by atoms with van der Waals surface area (Å²) in [4.78, 5) is 68.8. The number of anilines is 6. The molecule has 4 aliphatic rings. The van der Waals surface area contributed by atoms with Crippen LogP contribution in [0.5, 0.6) is 5.88 Å². The molecule has 2 amide bonds. The van der Waals surface area contributed by atoms with Crippen LogP contribution in [0.15, 0.2) is 73.6 Å². The van der Waals surface area contributed by atoms with E-state index in [-0.39, 0.29) is 34.7 Å². The maximum Gasteiger partial charge on any atom is 0.401 e. The number of carbonyl (C=O) groups is 2. The Bertz CT molecular complexity index is 2930. The maximum atomic E-state index is 15.0. The molecule has 6 heterocycles. The number of nitrogens with zero attached hydrogens (tertiary/aromatic N) is 8. The van der Waals surface area contributed by atoms with E-state index in [1.165, 1.54) is 30.5 Å². The van der Waals surface area contributed by atoms with Gasteiger partial charge in [-0.05, 0) is 112 Å². The highest BCUT2D eigenvalue weighted by Crippen LogP contribution is 2.42. The Labute approximate surface area is 413 Å². The highest BCUT2D eigenvalue weighted by molar-refractivity contribution is 7.49. The van der Waals surface area contributed by atoms with Gasteiger partial charge in [-0.2, -0.15) is 0 Å². The van der Waals surface area contributed by atoms with E-state index in [9.17, 15) is 33.4 Å². The number of aliphatic hydroxyl groups excluding tert-OH is 1. The molecular formula is C51H63FN11O7P. The molecule has 1 atom stereocenters. The number of ether oxygens (including phenoxy) is 1. The Kier molecular flexibility index (Phi) is 13.6. The van der Waals surface area contributed by atoms with Crippen LogP contribution in [0.3, 0.4) is 0 Å².